The van der Waals surface area contributed by atoms with Crippen molar-refractivity contribution >= 4 is 5.94 Å². The van der Waals surface area contributed by atoms with Crippen LogP contribution >= 0.6 is 0 Å². The Labute approximate surface area is 82.2 Å². The topological polar surface area (TPSA) is 17.1 Å². The Hall–Kier alpha value is -0.550. The van der Waals surface area contributed by atoms with E-state index >= 15 is 0 Å². The van der Waals surface area contributed by atoms with Crippen molar-refractivity contribution < 1.29 is 4.79 Å². The maximum absolute atomic E-state index is 10.7. The normalized spacial score (nSPS) is 15.7. The average molecular weight is 182 g/mol. The molecule has 1 unspecified atom stereocenters. The summed E-state index contributed by atoms with van der Waals surface area (Å²) in [4.78, 5) is 10.7. The van der Waals surface area contributed by atoms with E-state index in [-0.39, 0.29) is 5.41 Å². The standard InChI is InChI=1S/C12H22O/c1-9(2)7-12(6,10(3)4)11(5)8-13/h9-10H,7H2,1-6H3. The van der Waals surface area contributed by atoms with Crippen molar-refractivity contribution in [2.45, 2.75) is 48.0 Å². The van der Waals surface area contributed by atoms with E-state index in [0.29, 0.717) is 11.8 Å². The zero-order chi connectivity index (χ0) is 10.6. The number of carbonyl (C=O) groups excluding carboxylic acids is 1. The van der Waals surface area contributed by atoms with Gasteiger partial charge in [0.05, 0.1) is 0 Å². The Morgan fingerprint density at radius 1 is 1.31 bits per heavy atom. The van der Waals surface area contributed by atoms with Crippen LogP contribution < -0.4 is 0 Å². The minimum absolute atomic E-state index is 0.0237. The molecule has 0 radical (unpaired) electrons. The Kier molecular flexibility index (Phi) is 4.43. The Morgan fingerprint density at radius 2 is 1.77 bits per heavy atom. The molecule has 0 aliphatic heterocycles. The monoisotopic (exact) mass is 182 g/mol. The fourth-order valence-corrected chi connectivity index (χ4v) is 1.79. The summed E-state index contributed by atoms with van der Waals surface area (Å²) in [5.41, 5.74) is 0.881. The third-order valence-corrected chi connectivity index (χ3v) is 3.12. The summed E-state index contributed by atoms with van der Waals surface area (Å²) in [7, 11) is 0. The number of hydrogen-bond acceptors (Lipinski definition) is 1. The maximum Gasteiger partial charge on any atom is 0.123 e. The van der Waals surface area contributed by atoms with Crippen molar-refractivity contribution in [1.82, 2.24) is 0 Å². The Morgan fingerprint density at radius 3 is 2.00 bits per heavy atom. The molecular weight excluding hydrogens is 160 g/mol. The van der Waals surface area contributed by atoms with Gasteiger partial charge < -0.3 is 0 Å². The van der Waals surface area contributed by atoms with Gasteiger partial charge in [-0.1, -0.05) is 34.6 Å². The Balaban J connectivity index is 4.84. The molecule has 1 nitrogen and oxygen atoms in total. The molecular formula is C12H22O. The van der Waals surface area contributed by atoms with E-state index in [4.69, 9.17) is 0 Å². The van der Waals surface area contributed by atoms with Crippen LogP contribution in [0.25, 0.3) is 0 Å². The molecule has 0 spiro atoms. The molecule has 1 heteroatoms. The van der Waals surface area contributed by atoms with Gasteiger partial charge in [0, 0.05) is 11.0 Å². The van der Waals surface area contributed by atoms with E-state index in [0.717, 1.165) is 12.0 Å². The highest BCUT2D eigenvalue weighted by molar-refractivity contribution is 5.53. The quantitative estimate of drug-likeness (QED) is 0.608. The SMILES string of the molecule is CC(=C=O)C(C)(CC(C)C)C(C)C. The smallest absolute Gasteiger partial charge is 0.123 e. The molecule has 0 saturated heterocycles. The third-order valence-electron chi connectivity index (χ3n) is 3.12. The van der Waals surface area contributed by atoms with Crippen molar-refractivity contribution in [3.63, 3.8) is 0 Å². The molecule has 0 heterocycles. The zero-order valence-corrected chi connectivity index (χ0v) is 9.77. The van der Waals surface area contributed by atoms with Gasteiger partial charge in [-0.05, 0) is 25.2 Å². The molecule has 13 heavy (non-hydrogen) atoms. The van der Waals surface area contributed by atoms with Gasteiger partial charge in [-0.15, -0.1) is 0 Å². The first-order valence-corrected chi connectivity index (χ1v) is 5.06. The predicted molar refractivity (Wildman–Crippen MR) is 57.3 cm³/mol. The van der Waals surface area contributed by atoms with E-state index in [1.54, 1.807) is 0 Å². The highest BCUT2D eigenvalue weighted by atomic mass is 16.1. The van der Waals surface area contributed by atoms with Gasteiger partial charge in [0.1, 0.15) is 5.94 Å². The molecule has 0 saturated carbocycles. The van der Waals surface area contributed by atoms with E-state index in [2.05, 4.69) is 40.6 Å². The molecule has 0 aromatic rings. The molecule has 0 aromatic carbocycles. The first kappa shape index (κ1) is 12.4. The molecule has 0 fully saturated rings. The van der Waals surface area contributed by atoms with Gasteiger partial charge in [0.2, 0.25) is 0 Å². The molecule has 0 N–H and O–H groups in total. The minimum atomic E-state index is 0.0237. The summed E-state index contributed by atoms with van der Waals surface area (Å²) in [5.74, 6) is 3.18. The summed E-state index contributed by atoms with van der Waals surface area (Å²) in [6.07, 6.45) is 1.06. The van der Waals surface area contributed by atoms with Crippen molar-refractivity contribution in [3.8, 4) is 0 Å². The van der Waals surface area contributed by atoms with E-state index in [1.165, 1.54) is 0 Å². The minimum Gasteiger partial charge on any atom is -0.234 e. The van der Waals surface area contributed by atoms with Crippen LogP contribution in [0.1, 0.15) is 48.0 Å². The van der Waals surface area contributed by atoms with Gasteiger partial charge >= 0.3 is 0 Å². The van der Waals surface area contributed by atoms with Crippen LogP contribution in [-0.2, 0) is 4.79 Å². The van der Waals surface area contributed by atoms with Crippen LogP contribution in [0.2, 0.25) is 0 Å². The van der Waals surface area contributed by atoms with Gasteiger partial charge in [-0.25, -0.2) is 4.79 Å². The first-order valence-electron chi connectivity index (χ1n) is 5.06. The number of hydrogen-bond donors (Lipinski definition) is 0. The van der Waals surface area contributed by atoms with Crippen molar-refractivity contribution in [2.75, 3.05) is 0 Å². The third kappa shape index (κ3) is 3.00. The van der Waals surface area contributed by atoms with E-state index < -0.39 is 0 Å². The van der Waals surface area contributed by atoms with Crippen LogP contribution in [0.5, 0.6) is 0 Å². The van der Waals surface area contributed by atoms with Gasteiger partial charge in [0.25, 0.3) is 0 Å². The summed E-state index contributed by atoms with van der Waals surface area (Å²) in [6, 6.07) is 0. The molecule has 0 aromatic heterocycles. The van der Waals surface area contributed by atoms with Gasteiger partial charge in [0.15, 0.2) is 0 Å². The van der Waals surface area contributed by atoms with E-state index in [1.807, 2.05) is 6.92 Å². The lowest BCUT2D eigenvalue weighted by Crippen LogP contribution is -2.27. The van der Waals surface area contributed by atoms with E-state index in [9.17, 15) is 4.79 Å². The lowest BCUT2D eigenvalue weighted by atomic mass is 9.69. The van der Waals surface area contributed by atoms with Crippen molar-refractivity contribution in [2.24, 2.45) is 17.3 Å². The number of rotatable bonds is 4. The summed E-state index contributed by atoms with van der Waals surface area (Å²) in [5, 5.41) is 0. The first-order chi connectivity index (χ1) is 5.84. The molecule has 0 amide bonds. The molecule has 0 aliphatic carbocycles. The maximum atomic E-state index is 10.7. The molecule has 76 valence electrons. The molecule has 0 aliphatic rings. The second kappa shape index (κ2) is 4.62. The van der Waals surface area contributed by atoms with Crippen LogP contribution in [0, 0.1) is 17.3 Å². The average Bonchev–Trinajstić information content (AvgIpc) is 2.01. The van der Waals surface area contributed by atoms with Gasteiger partial charge in [-0.2, -0.15) is 0 Å². The fourth-order valence-electron chi connectivity index (χ4n) is 1.79. The second-order valence-corrected chi connectivity index (χ2v) is 4.90. The van der Waals surface area contributed by atoms with Crippen LogP contribution in [0.3, 0.4) is 0 Å². The molecule has 0 rings (SSSR count). The van der Waals surface area contributed by atoms with Crippen LogP contribution in [0.4, 0.5) is 0 Å². The lowest BCUT2D eigenvalue weighted by molar-refractivity contribution is 0.224. The molecule has 0 bridgehead atoms. The van der Waals surface area contributed by atoms with Crippen LogP contribution in [0.15, 0.2) is 5.57 Å². The predicted octanol–water partition coefficient (Wildman–Crippen LogP) is 3.47. The van der Waals surface area contributed by atoms with Crippen molar-refractivity contribution in [1.29, 1.82) is 0 Å². The summed E-state index contributed by atoms with van der Waals surface area (Å²) in [6.45, 7) is 12.8. The number of allylic oxidation sites excluding steroid dienone is 1. The molecule has 1 atom stereocenters. The largest absolute Gasteiger partial charge is 0.234 e. The highest BCUT2D eigenvalue weighted by Crippen LogP contribution is 2.39. The second-order valence-electron chi connectivity index (χ2n) is 4.90. The fraction of sp³-hybridized carbons (Fsp3) is 0.833. The van der Waals surface area contributed by atoms with Gasteiger partial charge in [-0.3, -0.25) is 0 Å². The highest BCUT2D eigenvalue weighted by Gasteiger charge is 2.31. The summed E-state index contributed by atoms with van der Waals surface area (Å²) < 4.78 is 0. The zero-order valence-electron chi connectivity index (χ0n) is 9.77. The lowest BCUT2D eigenvalue weighted by Gasteiger charge is -2.34. The summed E-state index contributed by atoms with van der Waals surface area (Å²) >= 11 is 0. The Bertz CT molecular complexity index is 209. The van der Waals surface area contributed by atoms with Crippen LogP contribution in [-0.4, -0.2) is 5.94 Å². The van der Waals surface area contributed by atoms with Crippen molar-refractivity contribution in [3.05, 3.63) is 5.57 Å².